The first kappa shape index (κ1) is 36.1. The van der Waals surface area contributed by atoms with Crippen LogP contribution in [0.15, 0.2) is 72.7 Å². The van der Waals surface area contributed by atoms with E-state index in [2.05, 4.69) is 78.1 Å². The van der Waals surface area contributed by atoms with Crippen LogP contribution in [0.5, 0.6) is 0 Å². The van der Waals surface area contributed by atoms with Gasteiger partial charge < -0.3 is 38.9 Å². The van der Waals surface area contributed by atoms with E-state index in [1.54, 1.807) is 11.1 Å². The summed E-state index contributed by atoms with van der Waals surface area (Å²) in [5.41, 5.74) is 3.65. The smallest absolute Gasteiger partial charge is 0.408 e. The molecule has 2 aromatic carbocycles. The van der Waals surface area contributed by atoms with Crippen molar-refractivity contribution in [2.75, 3.05) is 19.7 Å². The van der Waals surface area contributed by atoms with E-state index < -0.39 is 45.1 Å². The number of benzene rings is 2. The molecule has 12 heteroatoms. The molecule has 0 aromatic heterocycles. The molecule has 1 saturated heterocycles. The Hall–Kier alpha value is -4.66. The van der Waals surface area contributed by atoms with E-state index in [0.29, 0.717) is 18.7 Å². The minimum Gasteiger partial charge on any atom is -0.441 e. The summed E-state index contributed by atoms with van der Waals surface area (Å²) in [5, 5.41) is 5.41. The molecule has 2 heterocycles. The van der Waals surface area contributed by atoms with Gasteiger partial charge in [0.15, 0.2) is 0 Å². The fraction of sp³-hybridized carbons (Fsp3) is 0.410. The quantitative estimate of drug-likeness (QED) is 0.127. The van der Waals surface area contributed by atoms with E-state index in [1.165, 1.54) is 0 Å². The number of fused-ring (bicyclic) bond motifs is 2. The van der Waals surface area contributed by atoms with Gasteiger partial charge in [-0.2, -0.15) is 0 Å². The highest BCUT2D eigenvalue weighted by molar-refractivity contribution is 7.44. The van der Waals surface area contributed by atoms with Crippen LogP contribution in [0.3, 0.4) is 0 Å². The third kappa shape index (κ3) is 9.57. The van der Waals surface area contributed by atoms with Crippen molar-refractivity contribution in [3.05, 3.63) is 106 Å². The molecule has 0 saturated carbocycles. The Labute approximate surface area is 303 Å². The molecule has 2 N–H and O–H groups in total. The van der Waals surface area contributed by atoms with Crippen molar-refractivity contribution in [1.29, 1.82) is 0 Å². The highest BCUT2D eigenvalue weighted by Gasteiger charge is 2.41. The Balaban J connectivity index is 1.23. The van der Waals surface area contributed by atoms with Gasteiger partial charge in [-0.15, -0.1) is 0 Å². The standard InChI is InChI=1S/C39H44N5O6P/c1-26(2)44(27(3)4)51(47-22-21-40-7)50-35-24-37(48-28(35)5)43-25-33(38(45)42-29(43)6)16-12-20-41-39(46)49-36-23-32-15-9-8-13-30(32)18-19-31-14-10-11-17-34(31)36/h8-11,13-15,17,25-28,35-37H,6,20-24H2,1-5H3,(H,41,46)(H,42,45)/t28-,35-,36?,37-,51?/m1/s1/i5D. The van der Waals surface area contributed by atoms with Gasteiger partial charge in [0, 0.05) is 49.2 Å². The maximum atomic E-state index is 13.0. The second-order valence-corrected chi connectivity index (χ2v) is 14.0. The largest absolute Gasteiger partial charge is 0.441 e. The van der Waals surface area contributed by atoms with Gasteiger partial charge in [-0.25, -0.2) is 16.0 Å². The van der Waals surface area contributed by atoms with Crippen LogP contribution in [-0.4, -0.2) is 71.8 Å². The number of nitrogens with zero attached hydrogens (tertiary/aromatic N) is 3. The first-order valence-corrected chi connectivity index (χ1v) is 18.0. The van der Waals surface area contributed by atoms with Crippen LogP contribution >= 0.6 is 8.53 Å². The van der Waals surface area contributed by atoms with Crippen molar-refractivity contribution < 1.29 is 29.5 Å². The molecule has 0 radical (unpaired) electrons. The van der Waals surface area contributed by atoms with Gasteiger partial charge in [0.2, 0.25) is 6.54 Å². The van der Waals surface area contributed by atoms with Crippen LogP contribution in [0.4, 0.5) is 4.79 Å². The Morgan fingerprint density at radius 3 is 2.69 bits per heavy atom. The van der Waals surface area contributed by atoms with Gasteiger partial charge in [0.1, 0.15) is 30.3 Å². The number of carbonyl (C=O) groups is 2. The molecule has 1 aliphatic carbocycles. The predicted octanol–water partition coefficient (Wildman–Crippen LogP) is 6.00. The molecule has 1 fully saturated rings. The molecule has 2 unspecified atom stereocenters. The summed E-state index contributed by atoms with van der Waals surface area (Å²) in [6, 6.07) is 15.7. The molecule has 2 amide bonds. The molecule has 11 nitrogen and oxygen atoms in total. The predicted molar refractivity (Wildman–Crippen MR) is 195 cm³/mol. The van der Waals surface area contributed by atoms with E-state index in [4.69, 9.17) is 26.5 Å². The lowest BCUT2D eigenvalue weighted by atomic mass is 9.92. The summed E-state index contributed by atoms with van der Waals surface area (Å²) >= 11 is 0. The molecule has 266 valence electrons. The summed E-state index contributed by atoms with van der Waals surface area (Å²) in [5.74, 6) is 12.0. The topological polar surface area (TPSA) is 106 Å². The van der Waals surface area contributed by atoms with Crippen LogP contribution in [0.2, 0.25) is 0 Å². The Morgan fingerprint density at radius 2 is 1.94 bits per heavy atom. The lowest BCUT2D eigenvalue weighted by Crippen LogP contribution is -2.42. The summed E-state index contributed by atoms with van der Waals surface area (Å²) in [7, 11) is -1.54. The molecular formula is C39H44N5O6P. The second-order valence-electron chi connectivity index (χ2n) is 12.6. The summed E-state index contributed by atoms with van der Waals surface area (Å²) in [6.07, 6.45) is -0.424. The molecule has 5 rings (SSSR count). The molecule has 2 aromatic rings. The Morgan fingerprint density at radius 1 is 1.22 bits per heavy atom. The van der Waals surface area contributed by atoms with Crippen LogP contribution < -0.4 is 10.6 Å². The Bertz CT molecular complexity index is 1830. The van der Waals surface area contributed by atoms with E-state index in [1.807, 2.05) is 48.5 Å². The molecule has 3 aliphatic rings. The maximum absolute atomic E-state index is 13.0. The summed E-state index contributed by atoms with van der Waals surface area (Å²) < 4.78 is 35.0. The number of ether oxygens (including phenoxy) is 2. The Kier molecular flexibility index (Phi) is 12.4. The molecule has 5 atom stereocenters. The minimum atomic E-state index is -1.54. The van der Waals surface area contributed by atoms with Gasteiger partial charge in [-0.1, -0.05) is 66.7 Å². The molecule has 2 aliphatic heterocycles. The molecule has 0 spiro atoms. The van der Waals surface area contributed by atoms with Gasteiger partial charge in [0.25, 0.3) is 14.4 Å². The van der Waals surface area contributed by atoms with Gasteiger partial charge >= 0.3 is 6.09 Å². The van der Waals surface area contributed by atoms with Gasteiger partial charge in [0.05, 0.1) is 18.8 Å². The van der Waals surface area contributed by atoms with E-state index in [0.717, 1.165) is 22.3 Å². The van der Waals surface area contributed by atoms with E-state index in [-0.39, 0.29) is 44.3 Å². The van der Waals surface area contributed by atoms with Crippen molar-refractivity contribution in [3.63, 3.8) is 0 Å². The number of rotatable bonds is 11. The number of nitrogens with one attached hydrogen (secondary N) is 2. The number of hydrogen-bond donors (Lipinski definition) is 2. The third-order valence-electron chi connectivity index (χ3n) is 8.31. The highest BCUT2D eigenvalue weighted by Crippen LogP contribution is 2.49. The third-order valence-corrected chi connectivity index (χ3v) is 10.5. The van der Waals surface area contributed by atoms with Crippen LogP contribution in [0, 0.1) is 30.3 Å². The van der Waals surface area contributed by atoms with E-state index in [9.17, 15) is 9.59 Å². The van der Waals surface area contributed by atoms with Crippen molar-refractivity contribution in [2.24, 2.45) is 0 Å². The van der Waals surface area contributed by atoms with Crippen molar-refractivity contribution in [3.8, 4) is 23.7 Å². The van der Waals surface area contributed by atoms with Crippen LogP contribution in [-0.2, 0) is 29.7 Å². The first-order valence-electron chi connectivity index (χ1n) is 17.6. The average Bonchev–Trinajstić information content (AvgIpc) is 3.51. The summed E-state index contributed by atoms with van der Waals surface area (Å²) in [6.45, 7) is 19.7. The lowest BCUT2D eigenvalue weighted by Gasteiger charge is -2.37. The van der Waals surface area contributed by atoms with Gasteiger partial charge in [-0.3, -0.25) is 4.79 Å². The zero-order chi connectivity index (χ0) is 37.2. The molecule has 51 heavy (non-hydrogen) atoms. The zero-order valence-electron chi connectivity index (χ0n) is 30.3. The SMILES string of the molecule is [2H]C[C@H]1O[C@@H](N2C=C(C#CCNC(=O)OC3Cc4ccccc4C#Cc4ccccc43)C(=O)NC2=C)C[C@H]1OP(OCC[N+]#[C-])N(C(C)C)C(C)C. The van der Waals surface area contributed by atoms with Crippen molar-refractivity contribution >= 4 is 20.5 Å². The molecule has 0 bridgehead atoms. The fourth-order valence-electron chi connectivity index (χ4n) is 5.96. The van der Waals surface area contributed by atoms with Crippen molar-refractivity contribution in [1.82, 2.24) is 20.2 Å². The van der Waals surface area contributed by atoms with Crippen LogP contribution in [0.1, 0.15) is 70.7 Å². The number of hydrogen-bond acceptors (Lipinski definition) is 8. The maximum Gasteiger partial charge on any atom is 0.408 e. The number of alkyl carbamates (subject to hydrolysis) is 1. The second kappa shape index (κ2) is 17.5. The van der Waals surface area contributed by atoms with Crippen LogP contribution in [0.25, 0.3) is 4.85 Å². The number of amides is 2. The normalized spacial score (nSPS) is 21.7. The van der Waals surface area contributed by atoms with E-state index >= 15 is 0 Å². The van der Waals surface area contributed by atoms with Gasteiger partial charge in [-0.05, 0) is 52.3 Å². The first-order chi connectivity index (χ1) is 25.1. The monoisotopic (exact) mass is 710 g/mol. The summed E-state index contributed by atoms with van der Waals surface area (Å²) in [4.78, 5) is 30.9. The zero-order valence-corrected chi connectivity index (χ0v) is 30.2. The fourth-order valence-corrected chi connectivity index (χ4v) is 7.71. The van der Waals surface area contributed by atoms with Crippen molar-refractivity contribution in [2.45, 2.75) is 84.1 Å². The molecular weight excluding hydrogens is 665 g/mol. The lowest BCUT2D eigenvalue weighted by molar-refractivity contribution is -0.118. The highest BCUT2D eigenvalue weighted by atomic mass is 31.2. The number of carbonyl (C=O) groups excluding carboxylic acids is 2. The minimum absolute atomic E-state index is 0.0487. The average molecular weight is 711 g/mol.